The van der Waals surface area contributed by atoms with Gasteiger partial charge in [-0.15, -0.1) is 0 Å². The highest BCUT2D eigenvalue weighted by molar-refractivity contribution is 6.31. The predicted octanol–water partition coefficient (Wildman–Crippen LogP) is 1.06. The van der Waals surface area contributed by atoms with Gasteiger partial charge < -0.3 is 26.0 Å². The van der Waals surface area contributed by atoms with Crippen molar-refractivity contribution in [2.75, 3.05) is 20.3 Å². The van der Waals surface area contributed by atoms with Gasteiger partial charge in [-0.1, -0.05) is 12.1 Å². The smallest absolute Gasteiger partial charge is 0.235 e. The standard InChI is InChI=1S/C29H29FN2O8/c1-40-21-5-2-13(12-32-7-6-30)8-17(21)16-3-4-19(33)23-18(16)10-14-9-15-11-20(34)24(28(31)38)27(37)29(15,39)26(36)22(14)25(23)35/h2-5,8,14-15,22,24,32-33,39H,6-7,9-12H2,1H3,(H2,31,38)/t14-,15+,22?,24?,29+/m1/s1. The number of hydrogen-bond acceptors (Lipinski definition) is 9. The zero-order valence-corrected chi connectivity index (χ0v) is 21.7. The molecular formula is C29H29FN2O8. The Bertz CT molecular complexity index is 1460. The molecule has 0 bridgehead atoms. The van der Waals surface area contributed by atoms with Crippen LogP contribution in [-0.4, -0.2) is 65.2 Å². The number of phenolic OH excluding ortho intramolecular Hbond substituents is 1. The highest BCUT2D eigenvalue weighted by Gasteiger charge is 2.66. The number of Topliss-reactive ketones (excluding diaryl/α,β-unsaturated/α-hetero) is 4. The molecule has 0 saturated heterocycles. The number of fused-ring (bicyclic) bond motifs is 3. The van der Waals surface area contributed by atoms with E-state index in [1.807, 2.05) is 12.1 Å². The maximum absolute atomic E-state index is 13.8. The van der Waals surface area contributed by atoms with Crippen molar-refractivity contribution in [3.8, 4) is 22.6 Å². The molecule has 2 unspecified atom stereocenters. The molecule has 2 saturated carbocycles. The van der Waals surface area contributed by atoms with Crippen LogP contribution in [-0.2, 0) is 32.1 Å². The number of aliphatic hydroxyl groups is 1. The number of carbonyl (C=O) groups excluding carboxylic acids is 5. The van der Waals surface area contributed by atoms with E-state index in [1.54, 1.807) is 12.1 Å². The minimum Gasteiger partial charge on any atom is -0.507 e. The largest absolute Gasteiger partial charge is 0.507 e. The molecule has 5 N–H and O–H groups in total. The van der Waals surface area contributed by atoms with Gasteiger partial charge in [-0.2, -0.15) is 0 Å². The number of aromatic hydroxyl groups is 1. The molecule has 2 fully saturated rings. The van der Waals surface area contributed by atoms with Crippen LogP contribution in [0.15, 0.2) is 30.3 Å². The third-order valence-electron chi connectivity index (χ3n) is 8.44. The number of carbonyl (C=O) groups is 5. The number of nitrogens with two attached hydrogens (primary N) is 1. The van der Waals surface area contributed by atoms with Crippen LogP contribution < -0.4 is 15.8 Å². The van der Waals surface area contributed by atoms with Crippen molar-refractivity contribution >= 4 is 29.0 Å². The summed E-state index contributed by atoms with van der Waals surface area (Å²) in [5, 5.41) is 25.1. The molecule has 40 heavy (non-hydrogen) atoms. The van der Waals surface area contributed by atoms with Crippen molar-refractivity contribution < 1.29 is 43.3 Å². The van der Waals surface area contributed by atoms with Crippen LogP contribution in [0, 0.1) is 23.7 Å². The van der Waals surface area contributed by atoms with Gasteiger partial charge in [0.2, 0.25) is 5.91 Å². The Hall–Kier alpha value is -3.96. The van der Waals surface area contributed by atoms with E-state index in [0.29, 0.717) is 29.0 Å². The number of nitrogens with one attached hydrogen (secondary N) is 1. The second-order valence-electron chi connectivity index (χ2n) is 10.6. The van der Waals surface area contributed by atoms with Crippen molar-refractivity contribution in [2.24, 2.45) is 29.4 Å². The lowest BCUT2D eigenvalue weighted by Gasteiger charge is -2.48. The highest BCUT2D eigenvalue weighted by atomic mass is 19.1. The third-order valence-corrected chi connectivity index (χ3v) is 8.44. The number of hydrogen-bond donors (Lipinski definition) is 4. The molecule has 0 spiro atoms. The number of primary amides is 1. The van der Waals surface area contributed by atoms with Gasteiger partial charge in [-0.3, -0.25) is 24.0 Å². The number of ether oxygens (including phenoxy) is 1. The normalized spacial score (nSPS) is 27.6. The molecule has 2 aromatic carbocycles. The molecule has 5 rings (SSSR count). The van der Waals surface area contributed by atoms with Crippen LogP contribution in [0.1, 0.15) is 34.3 Å². The van der Waals surface area contributed by atoms with E-state index in [-0.39, 0.29) is 30.7 Å². The van der Waals surface area contributed by atoms with Crippen molar-refractivity contribution in [2.45, 2.75) is 31.4 Å². The molecule has 0 heterocycles. The molecular weight excluding hydrogens is 523 g/mol. The maximum Gasteiger partial charge on any atom is 0.235 e. The van der Waals surface area contributed by atoms with Crippen molar-refractivity contribution in [1.29, 1.82) is 0 Å². The predicted molar refractivity (Wildman–Crippen MR) is 138 cm³/mol. The second-order valence-corrected chi connectivity index (χ2v) is 10.6. The van der Waals surface area contributed by atoms with E-state index in [2.05, 4.69) is 5.32 Å². The topological polar surface area (TPSA) is 173 Å². The lowest BCUT2D eigenvalue weighted by molar-refractivity contribution is -0.175. The first-order valence-corrected chi connectivity index (χ1v) is 13.0. The quantitative estimate of drug-likeness (QED) is 0.289. The number of alkyl halides is 1. The first kappa shape index (κ1) is 27.6. The molecule has 210 valence electrons. The van der Waals surface area contributed by atoms with Gasteiger partial charge in [0, 0.05) is 31.0 Å². The fraction of sp³-hybridized carbons (Fsp3) is 0.414. The fourth-order valence-electron chi connectivity index (χ4n) is 6.59. The van der Waals surface area contributed by atoms with E-state index in [4.69, 9.17) is 10.5 Å². The Morgan fingerprint density at radius 2 is 1.88 bits per heavy atom. The Balaban J connectivity index is 1.59. The summed E-state index contributed by atoms with van der Waals surface area (Å²) in [6, 6.07) is 8.37. The summed E-state index contributed by atoms with van der Waals surface area (Å²) in [6.45, 7) is 0.0442. The van der Waals surface area contributed by atoms with Gasteiger partial charge >= 0.3 is 0 Å². The summed E-state index contributed by atoms with van der Waals surface area (Å²) in [5.41, 5.74) is 4.94. The number of ketones is 4. The molecule has 10 nitrogen and oxygen atoms in total. The van der Waals surface area contributed by atoms with Crippen LogP contribution in [0.3, 0.4) is 0 Å². The number of amides is 1. The van der Waals surface area contributed by atoms with E-state index in [1.165, 1.54) is 13.2 Å². The average molecular weight is 553 g/mol. The van der Waals surface area contributed by atoms with E-state index < -0.39 is 71.4 Å². The first-order valence-electron chi connectivity index (χ1n) is 13.0. The summed E-state index contributed by atoms with van der Waals surface area (Å²) in [4.78, 5) is 64.9. The monoisotopic (exact) mass is 552 g/mol. The fourth-order valence-corrected chi connectivity index (χ4v) is 6.59. The molecule has 0 aliphatic heterocycles. The Morgan fingerprint density at radius 1 is 1.12 bits per heavy atom. The molecule has 3 aliphatic carbocycles. The molecule has 0 aromatic heterocycles. The van der Waals surface area contributed by atoms with Crippen molar-refractivity contribution in [1.82, 2.24) is 5.32 Å². The Morgan fingerprint density at radius 3 is 2.55 bits per heavy atom. The number of phenols is 1. The molecule has 2 aromatic rings. The summed E-state index contributed by atoms with van der Waals surface area (Å²) < 4.78 is 18.1. The van der Waals surface area contributed by atoms with Gasteiger partial charge in [0.25, 0.3) is 0 Å². The molecule has 11 heteroatoms. The van der Waals surface area contributed by atoms with Crippen LogP contribution in [0.4, 0.5) is 4.39 Å². The molecule has 1 amide bonds. The Labute approximate surface area is 228 Å². The van der Waals surface area contributed by atoms with E-state index in [0.717, 1.165) is 5.56 Å². The number of methoxy groups -OCH3 is 1. The summed E-state index contributed by atoms with van der Waals surface area (Å²) in [6.07, 6.45) is -0.260. The minimum absolute atomic E-state index is 0.000466. The summed E-state index contributed by atoms with van der Waals surface area (Å²) in [7, 11) is 1.49. The number of rotatable bonds is 7. The van der Waals surface area contributed by atoms with Crippen molar-refractivity contribution in [3.63, 3.8) is 0 Å². The summed E-state index contributed by atoms with van der Waals surface area (Å²) in [5.74, 6) is -10.2. The van der Waals surface area contributed by atoms with Crippen LogP contribution >= 0.6 is 0 Å². The second kappa shape index (κ2) is 10.2. The lowest BCUT2D eigenvalue weighted by atomic mass is 9.53. The zero-order chi connectivity index (χ0) is 28.9. The lowest BCUT2D eigenvalue weighted by Crippen LogP contribution is -2.68. The first-order chi connectivity index (χ1) is 19.0. The maximum atomic E-state index is 13.8. The SMILES string of the molecule is COc1ccc(CNCCF)cc1-c1ccc(O)c2c1C[C@H]1C[C@H]3CC(=O)C(C(N)=O)C(=O)[C@@]3(O)C(=O)C1C2=O. The van der Waals surface area contributed by atoms with Crippen LogP contribution in [0.2, 0.25) is 0 Å². The van der Waals surface area contributed by atoms with Gasteiger partial charge in [-0.05, 0) is 53.6 Å². The van der Waals surface area contributed by atoms with Crippen molar-refractivity contribution in [3.05, 3.63) is 47.0 Å². The van der Waals surface area contributed by atoms with Crippen LogP contribution in [0.5, 0.6) is 11.5 Å². The van der Waals surface area contributed by atoms with Crippen LogP contribution in [0.25, 0.3) is 11.1 Å². The minimum atomic E-state index is -2.70. The van der Waals surface area contributed by atoms with E-state index in [9.17, 15) is 38.6 Å². The van der Waals surface area contributed by atoms with Gasteiger partial charge in [0.15, 0.2) is 34.7 Å². The van der Waals surface area contributed by atoms with Gasteiger partial charge in [0.1, 0.15) is 18.2 Å². The number of halogens is 1. The Kier molecular flexibility index (Phi) is 7.05. The zero-order valence-electron chi connectivity index (χ0n) is 21.7. The molecule has 3 aliphatic rings. The average Bonchev–Trinajstić information content (AvgIpc) is 2.91. The third kappa shape index (κ3) is 4.11. The molecule has 5 atom stereocenters. The highest BCUT2D eigenvalue weighted by Crippen LogP contribution is 2.51. The number of benzene rings is 2. The summed E-state index contributed by atoms with van der Waals surface area (Å²) >= 11 is 0. The van der Waals surface area contributed by atoms with Gasteiger partial charge in [0.05, 0.1) is 18.6 Å². The van der Waals surface area contributed by atoms with E-state index >= 15 is 0 Å². The molecule has 0 radical (unpaired) electrons. The van der Waals surface area contributed by atoms with Gasteiger partial charge in [-0.25, -0.2) is 4.39 Å².